The van der Waals surface area contributed by atoms with Crippen LogP contribution in [0.4, 0.5) is 23.1 Å². The van der Waals surface area contributed by atoms with Gasteiger partial charge in [0.25, 0.3) is 0 Å². The predicted molar refractivity (Wildman–Crippen MR) is 128 cm³/mol. The summed E-state index contributed by atoms with van der Waals surface area (Å²) < 4.78 is 0. The minimum Gasteiger partial charge on any atom is -0.370 e. The Morgan fingerprint density at radius 1 is 1.09 bits per heavy atom. The number of amides is 1. The lowest BCUT2D eigenvalue weighted by molar-refractivity contribution is -0.123. The fourth-order valence-corrected chi connectivity index (χ4v) is 6.67. The molecule has 8 heteroatoms. The molecule has 1 saturated carbocycles. The molecule has 2 aromatic rings. The molecule has 5 aliphatic rings. The van der Waals surface area contributed by atoms with E-state index >= 15 is 0 Å². The topological polar surface area (TPSA) is 85.4 Å². The molecule has 1 unspecified atom stereocenters. The van der Waals surface area contributed by atoms with Gasteiger partial charge in [0.1, 0.15) is 11.4 Å². The fraction of sp³-hybridized carbons (Fsp3) is 0.560. The molecule has 2 spiro atoms. The lowest BCUT2D eigenvalue weighted by atomic mass is 9.74. The average molecular weight is 446 g/mol. The van der Waals surface area contributed by atoms with E-state index in [9.17, 15) is 4.79 Å². The van der Waals surface area contributed by atoms with Crippen molar-refractivity contribution < 1.29 is 4.79 Å². The minimum atomic E-state index is -0.475. The second-order valence-electron chi connectivity index (χ2n) is 10.7. The Kier molecular flexibility index (Phi) is 4.19. The molecule has 0 bridgehead atoms. The van der Waals surface area contributed by atoms with Crippen molar-refractivity contribution in [3.63, 3.8) is 0 Å². The predicted octanol–water partition coefficient (Wildman–Crippen LogP) is 2.19. The van der Waals surface area contributed by atoms with E-state index in [1.165, 1.54) is 18.5 Å². The highest BCUT2D eigenvalue weighted by molar-refractivity contribution is 5.94. The SMILES string of the molecule is O=C1NCCC12Cc1cnc(Nc3ccc(N4CC5(CNC5)C4)cc3)nc1N2C1CCCC1. The fourth-order valence-electron chi connectivity index (χ4n) is 6.67. The van der Waals surface area contributed by atoms with Gasteiger partial charge >= 0.3 is 0 Å². The maximum Gasteiger partial charge on any atom is 0.246 e. The van der Waals surface area contributed by atoms with E-state index in [2.05, 4.69) is 55.0 Å². The summed E-state index contributed by atoms with van der Waals surface area (Å²) in [5.74, 6) is 1.71. The van der Waals surface area contributed by atoms with Gasteiger partial charge in [0, 0.05) is 73.7 Å². The minimum absolute atomic E-state index is 0.156. The van der Waals surface area contributed by atoms with Crippen LogP contribution in [0.5, 0.6) is 0 Å². The van der Waals surface area contributed by atoms with Crippen molar-refractivity contribution in [2.75, 3.05) is 47.8 Å². The van der Waals surface area contributed by atoms with E-state index < -0.39 is 5.54 Å². The molecular weight excluding hydrogens is 414 g/mol. The van der Waals surface area contributed by atoms with Crippen LogP contribution in [0.3, 0.4) is 0 Å². The van der Waals surface area contributed by atoms with Crippen LogP contribution in [-0.4, -0.2) is 60.2 Å². The van der Waals surface area contributed by atoms with Crippen LogP contribution in [-0.2, 0) is 11.2 Å². The van der Waals surface area contributed by atoms with Gasteiger partial charge in [-0.3, -0.25) is 4.79 Å². The van der Waals surface area contributed by atoms with Gasteiger partial charge in [-0.15, -0.1) is 0 Å². The molecule has 1 aliphatic carbocycles. The molecule has 5 heterocycles. The van der Waals surface area contributed by atoms with E-state index in [0.717, 1.165) is 69.1 Å². The first-order valence-electron chi connectivity index (χ1n) is 12.4. The monoisotopic (exact) mass is 445 g/mol. The Bertz CT molecular complexity index is 1080. The highest BCUT2D eigenvalue weighted by Crippen LogP contribution is 2.46. The number of carbonyl (C=O) groups is 1. The third-order valence-electron chi connectivity index (χ3n) is 8.49. The van der Waals surface area contributed by atoms with Crippen molar-refractivity contribution in [3.05, 3.63) is 36.0 Å². The van der Waals surface area contributed by atoms with Crippen molar-refractivity contribution in [1.29, 1.82) is 0 Å². The van der Waals surface area contributed by atoms with Crippen LogP contribution in [0.25, 0.3) is 0 Å². The molecule has 4 aliphatic heterocycles. The summed E-state index contributed by atoms with van der Waals surface area (Å²) in [5.41, 5.74) is 3.40. The number of hydrogen-bond acceptors (Lipinski definition) is 7. The van der Waals surface area contributed by atoms with Crippen LogP contribution in [0, 0.1) is 5.41 Å². The van der Waals surface area contributed by atoms with Crippen LogP contribution in [0.15, 0.2) is 30.5 Å². The number of fused-ring (bicyclic) bond motifs is 1. The number of benzene rings is 1. The maximum atomic E-state index is 13.0. The number of aromatic nitrogens is 2. The summed E-state index contributed by atoms with van der Waals surface area (Å²) in [6.07, 6.45) is 8.21. The Hall–Kier alpha value is -2.87. The first-order chi connectivity index (χ1) is 16.1. The van der Waals surface area contributed by atoms with Crippen molar-refractivity contribution in [1.82, 2.24) is 20.6 Å². The second-order valence-corrected chi connectivity index (χ2v) is 10.7. The average Bonchev–Trinajstić information content (AvgIpc) is 3.47. The van der Waals surface area contributed by atoms with Gasteiger partial charge in [-0.1, -0.05) is 12.8 Å². The Morgan fingerprint density at radius 2 is 1.88 bits per heavy atom. The van der Waals surface area contributed by atoms with E-state index in [0.29, 0.717) is 23.8 Å². The lowest BCUT2D eigenvalue weighted by Gasteiger charge is -2.57. The van der Waals surface area contributed by atoms with Gasteiger partial charge in [0.15, 0.2) is 0 Å². The van der Waals surface area contributed by atoms with Gasteiger partial charge in [-0.2, -0.15) is 4.98 Å². The summed E-state index contributed by atoms with van der Waals surface area (Å²) in [5, 5.41) is 9.87. The number of anilines is 4. The highest BCUT2D eigenvalue weighted by Gasteiger charge is 2.55. The normalized spacial score (nSPS) is 27.6. The highest BCUT2D eigenvalue weighted by atomic mass is 16.2. The van der Waals surface area contributed by atoms with E-state index in [-0.39, 0.29) is 5.91 Å². The standard InChI is InChI=1S/C25H31N7O/c33-22-25(9-10-27-22)11-17-12-28-23(30-21(17)32(25)20-3-1-2-4-20)29-18-5-7-19(8-6-18)31-15-24(16-31)13-26-14-24/h5-8,12,20,26H,1-4,9-11,13-16H2,(H,27,33)(H,28,29,30). The number of nitrogens with one attached hydrogen (secondary N) is 3. The number of hydrogen-bond donors (Lipinski definition) is 3. The molecule has 1 amide bonds. The maximum absolute atomic E-state index is 13.0. The zero-order valence-electron chi connectivity index (χ0n) is 18.9. The molecule has 3 saturated heterocycles. The number of nitrogens with zero attached hydrogens (tertiary/aromatic N) is 4. The first-order valence-corrected chi connectivity index (χ1v) is 12.4. The molecule has 172 valence electrons. The largest absolute Gasteiger partial charge is 0.370 e. The molecular formula is C25H31N7O. The van der Waals surface area contributed by atoms with E-state index in [1.807, 2.05) is 6.20 Å². The number of rotatable bonds is 4. The first kappa shape index (κ1) is 19.6. The molecule has 8 nitrogen and oxygen atoms in total. The molecule has 1 aromatic heterocycles. The zero-order valence-corrected chi connectivity index (χ0v) is 18.9. The van der Waals surface area contributed by atoms with Gasteiger partial charge in [0.2, 0.25) is 11.9 Å². The molecule has 4 fully saturated rings. The number of carbonyl (C=O) groups excluding carboxylic acids is 1. The smallest absolute Gasteiger partial charge is 0.246 e. The quantitative estimate of drug-likeness (QED) is 0.665. The molecule has 1 aromatic carbocycles. The van der Waals surface area contributed by atoms with Gasteiger partial charge in [-0.25, -0.2) is 4.98 Å². The van der Waals surface area contributed by atoms with Crippen LogP contribution in [0.2, 0.25) is 0 Å². The second kappa shape index (κ2) is 7.06. The molecule has 1 atom stereocenters. The summed E-state index contributed by atoms with van der Waals surface area (Å²) in [6.45, 7) is 5.34. The molecule has 7 rings (SSSR count). The summed E-state index contributed by atoms with van der Waals surface area (Å²) >= 11 is 0. The van der Waals surface area contributed by atoms with Crippen LogP contribution in [0.1, 0.15) is 37.7 Å². The Morgan fingerprint density at radius 3 is 2.55 bits per heavy atom. The Labute approximate surface area is 194 Å². The van der Waals surface area contributed by atoms with Crippen LogP contribution < -0.4 is 25.8 Å². The van der Waals surface area contributed by atoms with Crippen molar-refractivity contribution >= 4 is 29.0 Å². The van der Waals surface area contributed by atoms with Crippen LogP contribution >= 0.6 is 0 Å². The van der Waals surface area contributed by atoms with Crippen molar-refractivity contribution in [2.45, 2.75) is 50.1 Å². The molecule has 3 N–H and O–H groups in total. The Balaban J connectivity index is 1.12. The van der Waals surface area contributed by atoms with Gasteiger partial charge in [0.05, 0.1) is 0 Å². The summed E-state index contributed by atoms with van der Waals surface area (Å²) in [6, 6.07) is 8.96. The van der Waals surface area contributed by atoms with E-state index in [4.69, 9.17) is 4.98 Å². The van der Waals surface area contributed by atoms with Crippen molar-refractivity contribution in [2.24, 2.45) is 5.41 Å². The van der Waals surface area contributed by atoms with Crippen molar-refractivity contribution in [3.8, 4) is 0 Å². The lowest BCUT2D eigenvalue weighted by Crippen LogP contribution is -2.71. The molecule has 33 heavy (non-hydrogen) atoms. The van der Waals surface area contributed by atoms with Gasteiger partial charge in [-0.05, 0) is 43.5 Å². The zero-order chi connectivity index (χ0) is 22.0. The summed E-state index contributed by atoms with van der Waals surface area (Å²) in [7, 11) is 0. The molecule has 0 radical (unpaired) electrons. The van der Waals surface area contributed by atoms with E-state index in [1.54, 1.807) is 0 Å². The van der Waals surface area contributed by atoms with Gasteiger partial charge < -0.3 is 25.8 Å². The third kappa shape index (κ3) is 2.96. The third-order valence-corrected chi connectivity index (χ3v) is 8.49. The summed E-state index contributed by atoms with van der Waals surface area (Å²) in [4.78, 5) is 27.3.